The van der Waals surface area contributed by atoms with E-state index in [0.717, 1.165) is 11.3 Å². The first-order valence-electron chi connectivity index (χ1n) is 3.95. The number of methoxy groups -OCH3 is 1. The Kier molecular flexibility index (Phi) is 3.49. The molecule has 0 atom stereocenters. The van der Waals surface area contributed by atoms with E-state index in [1.54, 1.807) is 31.4 Å². The van der Waals surface area contributed by atoms with Gasteiger partial charge in [0.1, 0.15) is 11.5 Å². The van der Waals surface area contributed by atoms with Crippen molar-refractivity contribution in [2.45, 2.75) is 6.42 Å². The average Bonchev–Trinajstić information content (AvgIpc) is 2.14. The third-order valence-electron chi connectivity index (χ3n) is 1.69. The molecular weight excluding hydrogens is 204 g/mol. The van der Waals surface area contributed by atoms with E-state index in [-0.39, 0.29) is 6.42 Å². The van der Waals surface area contributed by atoms with E-state index in [4.69, 9.17) is 9.29 Å². The lowest BCUT2D eigenvalue weighted by molar-refractivity contribution is 0.414. The van der Waals surface area contributed by atoms with Crippen LogP contribution in [0, 0.1) is 5.75 Å². The minimum atomic E-state index is -3.99. The molecule has 0 aromatic heterocycles. The molecule has 5 heteroatoms. The minimum absolute atomic E-state index is 0.183. The van der Waals surface area contributed by atoms with Crippen molar-refractivity contribution in [3.05, 3.63) is 35.6 Å². The first-order chi connectivity index (χ1) is 6.51. The molecule has 1 radical (unpaired) electrons. The van der Waals surface area contributed by atoms with Crippen LogP contribution in [0.25, 0.3) is 0 Å². The van der Waals surface area contributed by atoms with Gasteiger partial charge in [0, 0.05) is 0 Å². The van der Waals surface area contributed by atoms with E-state index in [2.05, 4.69) is 0 Å². The molecule has 4 nitrogen and oxygen atoms in total. The zero-order chi connectivity index (χ0) is 10.6. The van der Waals surface area contributed by atoms with Gasteiger partial charge in [0.15, 0.2) is 0 Å². The summed E-state index contributed by atoms with van der Waals surface area (Å²) in [6.45, 7) is 0. The van der Waals surface area contributed by atoms with Crippen molar-refractivity contribution >= 4 is 10.1 Å². The summed E-state index contributed by atoms with van der Waals surface area (Å²) < 4.78 is 34.2. The molecule has 1 rings (SSSR count). The van der Waals surface area contributed by atoms with E-state index in [0.29, 0.717) is 5.75 Å². The van der Waals surface area contributed by atoms with Crippen molar-refractivity contribution < 1.29 is 17.7 Å². The zero-order valence-electron chi connectivity index (χ0n) is 7.67. The van der Waals surface area contributed by atoms with Gasteiger partial charge in [-0.3, -0.25) is 4.55 Å². The summed E-state index contributed by atoms with van der Waals surface area (Å²) in [6, 6.07) is 6.93. The summed E-state index contributed by atoms with van der Waals surface area (Å²) in [5.41, 5.74) is 0.795. The highest BCUT2D eigenvalue weighted by Crippen LogP contribution is 2.12. The number of hydrogen-bond donors (Lipinski definition) is 1. The predicted octanol–water partition coefficient (Wildman–Crippen LogP) is 1.29. The van der Waals surface area contributed by atoms with Gasteiger partial charge in [-0.05, 0) is 24.1 Å². The van der Waals surface area contributed by atoms with E-state index >= 15 is 0 Å². The Bertz CT molecular complexity index is 380. The fraction of sp³-hybridized carbons (Fsp3) is 0.222. The van der Waals surface area contributed by atoms with Gasteiger partial charge in [-0.2, -0.15) is 8.42 Å². The summed E-state index contributed by atoms with van der Waals surface area (Å²) in [7, 11) is -2.44. The second kappa shape index (κ2) is 4.43. The molecule has 0 spiro atoms. The third kappa shape index (κ3) is 3.76. The molecule has 0 aliphatic rings. The van der Waals surface area contributed by atoms with E-state index < -0.39 is 10.1 Å². The fourth-order valence-electron chi connectivity index (χ4n) is 0.963. The molecule has 0 amide bonds. The van der Waals surface area contributed by atoms with Crippen molar-refractivity contribution in [2.24, 2.45) is 0 Å². The number of benzene rings is 1. The molecule has 77 valence electrons. The van der Waals surface area contributed by atoms with Gasteiger partial charge in [-0.1, -0.05) is 12.1 Å². The van der Waals surface area contributed by atoms with Crippen molar-refractivity contribution in [1.29, 1.82) is 0 Å². The van der Waals surface area contributed by atoms with Gasteiger partial charge in [-0.15, -0.1) is 0 Å². The summed E-state index contributed by atoms with van der Waals surface area (Å²) in [5.74, 6) is 1.56. The molecular formula is C9H11O4S. The molecule has 0 bridgehead atoms. The van der Waals surface area contributed by atoms with E-state index in [9.17, 15) is 8.42 Å². The van der Waals surface area contributed by atoms with Crippen LogP contribution in [0.15, 0.2) is 24.3 Å². The van der Waals surface area contributed by atoms with Crippen LogP contribution >= 0.6 is 0 Å². The molecule has 1 N–H and O–H groups in total. The highest BCUT2D eigenvalue weighted by atomic mass is 32.2. The molecule has 1 aromatic rings. The molecule has 0 saturated carbocycles. The maximum absolute atomic E-state index is 10.4. The van der Waals surface area contributed by atoms with Gasteiger partial charge in [0.05, 0.1) is 7.11 Å². The van der Waals surface area contributed by atoms with E-state index in [1.807, 2.05) is 0 Å². The lowest BCUT2D eigenvalue weighted by Gasteiger charge is -2.01. The maximum Gasteiger partial charge on any atom is 0.269 e. The Balaban J connectivity index is 2.61. The van der Waals surface area contributed by atoms with Crippen molar-refractivity contribution in [2.75, 3.05) is 7.11 Å². The second-order valence-electron chi connectivity index (χ2n) is 2.73. The molecule has 0 aliphatic carbocycles. The van der Waals surface area contributed by atoms with Crippen LogP contribution in [0.3, 0.4) is 0 Å². The normalized spacial score (nSPS) is 11.3. The Morgan fingerprint density at radius 1 is 1.36 bits per heavy atom. The highest BCUT2D eigenvalue weighted by Gasteiger charge is 2.05. The quantitative estimate of drug-likeness (QED) is 0.768. The van der Waals surface area contributed by atoms with E-state index in [1.165, 1.54) is 0 Å². The fourth-order valence-corrected chi connectivity index (χ4v) is 1.37. The van der Waals surface area contributed by atoms with Gasteiger partial charge in [0.25, 0.3) is 10.1 Å². The summed E-state index contributed by atoms with van der Waals surface area (Å²) in [5, 5.41) is 0. The van der Waals surface area contributed by atoms with Crippen LogP contribution in [0.5, 0.6) is 5.75 Å². The lowest BCUT2D eigenvalue weighted by Crippen LogP contribution is -2.00. The monoisotopic (exact) mass is 215 g/mol. The smallest absolute Gasteiger partial charge is 0.269 e. The highest BCUT2D eigenvalue weighted by molar-refractivity contribution is 7.87. The predicted molar refractivity (Wildman–Crippen MR) is 52.5 cm³/mol. The summed E-state index contributed by atoms with van der Waals surface area (Å²) in [6.07, 6.45) is 0.183. The third-order valence-corrected chi connectivity index (χ3v) is 2.28. The van der Waals surface area contributed by atoms with Crippen molar-refractivity contribution in [1.82, 2.24) is 0 Å². The largest absolute Gasteiger partial charge is 0.497 e. The first-order valence-corrected chi connectivity index (χ1v) is 5.45. The Hall–Kier alpha value is -1.07. The lowest BCUT2D eigenvalue weighted by atomic mass is 10.2. The first kappa shape index (κ1) is 11.0. The standard InChI is InChI=1S/C9H11O4S/c1-13-9-4-2-8(3-5-9)6-7-14(10,11)12/h2-5,7H,6H2,1H3,(H,10,11,12). The summed E-state index contributed by atoms with van der Waals surface area (Å²) >= 11 is 0. The Morgan fingerprint density at radius 2 is 1.93 bits per heavy atom. The SMILES string of the molecule is COc1ccc(C[CH]S(=O)(=O)O)cc1. The van der Waals surface area contributed by atoms with Gasteiger partial charge >= 0.3 is 0 Å². The van der Waals surface area contributed by atoms with Crippen LogP contribution < -0.4 is 4.74 Å². The minimum Gasteiger partial charge on any atom is -0.497 e. The van der Waals surface area contributed by atoms with Gasteiger partial charge < -0.3 is 4.74 Å². The number of ether oxygens (including phenoxy) is 1. The second-order valence-corrected chi connectivity index (χ2v) is 4.10. The Morgan fingerprint density at radius 3 is 2.36 bits per heavy atom. The van der Waals surface area contributed by atoms with Crippen LogP contribution in [-0.2, 0) is 16.5 Å². The van der Waals surface area contributed by atoms with Gasteiger partial charge in [-0.25, -0.2) is 0 Å². The van der Waals surface area contributed by atoms with Crippen LogP contribution in [-0.4, -0.2) is 20.1 Å². The molecule has 1 aromatic carbocycles. The topological polar surface area (TPSA) is 63.6 Å². The van der Waals surface area contributed by atoms with Crippen molar-refractivity contribution in [3.63, 3.8) is 0 Å². The molecule has 0 heterocycles. The van der Waals surface area contributed by atoms with Crippen molar-refractivity contribution in [3.8, 4) is 5.75 Å². The van der Waals surface area contributed by atoms with Crippen LogP contribution in [0.4, 0.5) is 0 Å². The molecule has 0 saturated heterocycles. The Labute approximate surface area is 83.3 Å². The van der Waals surface area contributed by atoms with Gasteiger partial charge in [0.2, 0.25) is 0 Å². The molecule has 0 unspecified atom stereocenters. The number of rotatable bonds is 4. The zero-order valence-corrected chi connectivity index (χ0v) is 8.49. The molecule has 0 fully saturated rings. The van der Waals surface area contributed by atoms with Crippen LogP contribution in [0.2, 0.25) is 0 Å². The summed E-state index contributed by atoms with van der Waals surface area (Å²) in [4.78, 5) is 0. The number of hydrogen-bond acceptors (Lipinski definition) is 3. The molecule has 0 aliphatic heterocycles. The average molecular weight is 215 g/mol. The molecule has 14 heavy (non-hydrogen) atoms. The van der Waals surface area contributed by atoms with Crippen LogP contribution in [0.1, 0.15) is 5.56 Å². The maximum atomic E-state index is 10.4.